The van der Waals surface area contributed by atoms with Crippen molar-refractivity contribution in [1.29, 1.82) is 0 Å². The summed E-state index contributed by atoms with van der Waals surface area (Å²) in [5, 5.41) is 0. The molecule has 0 aliphatic heterocycles. The molecular formula is C55H97NO7P+. The molecule has 0 fully saturated rings. The number of allylic oxidation sites excluding steroid dienone is 16. The maximum Gasteiger partial charge on any atom is 0.472 e. The van der Waals surface area contributed by atoms with Crippen molar-refractivity contribution in [2.24, 2.45) is 0 Å². The molecule has 0 aliphatic carbocycles. The highest BCUT2D eigenvalue weighted by molar-refractivity contribution is 7.47. The average molecular weight is 915 g/mol. The highest BCUT2D eigenvalue weighted by Gasteiger charge is 2.26. The molecule has 64 heavy (non-hydrogen) atoms. The predicted molar refractivity (Wildman–Crippen MR) is 274 cm³/mol. The van der Waals surface area contributed by atoms with Crippen LogP contribution in [0.15, 0.2) is 97.2 Å². The molecular weight excluding hydrogens is 818 g/mol. The topological polar surface area (TPSA) is 91.3 Å². The number of nitrogens with zero attached hydrogens (tertiary/aromatic N) is 1. The van der Waals surface area contributed by atoms with Gasteiger partial charge in [-0.1, -0.05) is 182 Å². The molecule has 2 unspecified atom stereocenters. The Hall–Kier alpha value is -2.58. The van der Waals surface area contributed by atoms with Crippen LogP contribution in [0.2, 0.25) is 0 Å². The number of likely N-dealkylation sites (N-methyl/N-ethyl adjacent to an activating group) is 1. The van der Waals surface area contributed by atoms with E-state index < -0.39 is 13.9 Å². The minimum atomic E-state index is -4.30. The molecule has 9 heteroatoms. The molecule has 368 valence electrons. The van der Waals surface area contributed by atoms with E-state index in [0.717, 1.165) is 109 Å². The fourth-order valence-electron chi connectivity index (χ4n) is 6.47. The number of esters is 1. The van der Waals surface area contributed by atoms with Gasteiger partial charge in [-0.05, 0) is 96.3 Å². The van der Waals surface area contributed by atoms with Crippen LogP contribution in [0, 0.1) is 0 Å². The van der Waals surface area contributed by atoms with Crippen LogP contribution in [0.4, 0.5) is 0 Å². The van der Waals surface area contributed by atoms with Crippen molar-refractivity contribution in [3.8, 4) is 0 Å². The lowest BCUT2D eigenvalue weighted by Crippen LogP contribution is -2.37. The highest BCUT2D eigenvalue weighted by atomic mass is 31.2. The Kier molecular flexibility index (Phi) is 45.0. The van der Waals surface area contributed by atoms with Crippen molar-refractivity contribution < 1.29 is 37.3 Å². The summed E-state index contributed by atoms with van der Waals surface area (Å²) in [6.45, 7) is 5.41. The van der Waals surface area contributed by atoms with Gasteiger partial charge in [0.05, 0.1) is 34.4 Å². The third-order valence-corrected chi connectivity index (χ3v) is 11.4. The smallest absolute Gasteiger partial charge is 0.457 e. The number of ether oxygens (including phenoxy) is 2. The number of hydrogen-bond donors (Lipinski definition) is 1. The lowest BCUT2D eigenvalue weighted by atomic mass is 10.1. The summed E-state index contributed by atoms with van der Waals surface area (Å²) in [5.41, 5.74) is 0. The van der Waals surface area contributed by atoms with Crippen LogP contribution in [0.3, 0.4) is 0 Å². The molecule has 0 amide bonds. The van der Waals surface area contributed by atoms with Crippen molar-refractivity contribution >= 4 is 13.8 Å². The lowest BCUT2D eigenvalue weighted by molar-refractivity contribution is -0.870. The Balaban J connectivity index is 4.24. The molecule has 0 saturated carbocycles. The minimum Gasteiger partial charge on any atom is -0.457 e. The van der Waals surface area contributed by atoms with Crippen molar-refractivity contribution in [3.05, 3.63) is 97.2 Å². The van der Waals surface area contributed by atoms with Crippen LogP contribution in [0.25, 0.3) is 0 Å². The van der Waals surface area contributed by atoms with Crippen molar-refractivity contribution in [1.82, 2.24) is 0 Å². The first kappa shape index (κ1) is 61.4. The summed E-state index contributed by atoms with van der Waals surface area (Å²) in [5.74, 6) is -0.335. The van der Waals surface area contributed by atoms with E-state index in [9.17, 15) is 14.3 Å². The normalized spacial score (nSPS) is 14.4. The first-order chi connectivity index (χ1) is 31.1. The molecule has 0 saturated heterocycles. The highest BCUT2D eigenvalue weighted by Crippen LogP contribution is 2.43. The number of unbranched alkanes of at least 4 members (excludes halogenated alkanes) is 16. The van der Waals surface area contributed by atoms with E-state index in [1.165, 1.54) is 57.8 Å². The van der Waals surface area contributed by atoms with Gasteiger partial charge in [-0.15, -0.1) is 0 Å². The van der Waals surface area contributed by atoms with E-state index in [-0.39, 0.29) is 25.8 Å². The Bertz CT molecular complexity index is 1340. The second-order valence-corrected chi connectivity index (χ2v) is 19.3. The van der Waals surface area contributed by atoms with Crippen molar-refractivity contribution in [2.75, 3.05) is 54.1 Å². The van der Waals surface area contributed by atoms with Gasteiger partial charge in [0.25, 0.3) is 0 Å². The molecule has 0 heterocycles. The Labute approximate surface area is 394 Å². The van der Waals surface area contributed by atoms with E-state index in [1.807, 2.05) is 21.1 Å². The van der Waals surface area contributed by atoms with Crippen LogP contribution < -0.4 is 0 Å². The number of carbonyl (C=O) groups is 1. The summed E-state index contributed by atoms with van der Waals surface area (Å²) in [6.07, 6.45) is 64.5. The maximum atomic E-state index is 12.7. The number of rotatable bonds is 46. The largest absolute Gasteiger partial charge is 0.472 e. The second kappa shape index (κ2) is 46.9. The van der Waals surface area contributed by atoms with Gasteiger partial charge in [0.15, 0.2) is 0 Å². The molecule has 0 bridgehead atoms. The molecule has 0 aromatic heterocycles. The van der Waals surface area contributed by atoms with E-state index in [0.29, 0.717) is 24.1 Å². The van der Waals surface area contributed by atoms with E-state index in [2.05, 4.69) is 111 Å². The minimum absolute atomic E-state index is 0.0764. The molecule has 1 N–H and O–H groups in total. The van der Waals surface area contributed by atoms with Crippen molar-refractivity contribution in [2.45, 2.75) is 193 Å². The average Bonchev–Trinajstić information content (AvgIpc) is 3.25. The van der Waals surface area contributed by atoms with Crippen LogP contribution in [-0.2, 0) is 27.9 Å². The summed E-state index contributed by atoms with van der Waals surface area (Å²) in [7, 11) is 1.63. The third-order valence-electron chi connectivity index (χ3n) is 10.4. The third kappa shape index (κ3) is 50.4. The number of hydrogen-bond acceptors (Lipinski definition) is 6. The molecule has 0 spiro atoms. The van der Waals surface area contributed by atoms with Gasteiger partial charge in [0, 0.05) is 13.0 Å². The number of phosphoric acid groups is 1. The molecule has 0 aliphatic rings. The molecule has 0 radical (unpaired) electrons. The quantitative estimate of drug-likeness (QED) is 0.0214. The zero-order chi connectivity index (χ0) is 46.9. The Morgan fingerprint density at radius 1 is 0.500 bits per heavy atom. The molecule has 8 nitrogen and oxygen atoms in total. The summed E-state index contributed by atoms with van der Waals surface area (Å²) in [4.78, 5) is 23.0. The predicted octanol–water partition coefficient (Wildman–Crippen LogP) is 15.8. The lowest BCUT2D eigenvalue weighted by Gasteiger charge is -2.24. The van der Waals surface area contributed by atoms with E-state index in [4.69, 9.17) is 18.5 Å². The van der Waals surface area contributed by atoms with Gasteiger partial charge in [-0.3, -0.25) is 13.8 Å². The Morgan fingerprint density at radius 3 is 1.38 bits per heavy atom. The van der Waals surface area contributed by atoms with Gasteiger partial charge < -0.3 is 18.9 Å². The first-order valence-electron chi connectivity index (χ1n) is 25.5. The van der Waals surface area contributed by atoms with Gasteiger partial charge in [-0.2, -0.15) is 0 Å². The first-order valence-corrected chi connectivity index (χ1v) is 27.0. The summed E-state index contributed by atoms with van der Waals surface area (Å²) < 4.78 is 35.1. The van der Waals surface area contributed by atoms with Crippen molar-refractivity contribution in [3.63, 3.8) is 0 Å². The van der Waals surface area contributed by atoms with Crippen LogP contribution >= 0.6 is 7.82 Å². The Morgan fingerprint density at radius 2 is 0.906 bits per heavy atom. The zero-order valence-corrected chi connectivity index (χ0v) is 42.6. The van der Waals surface area contributed by atoms with Crippen LogP contribution in [-0.4, -0.2) is 75.6 Å². The number of quaternary nitrogens is 1. The molecule has 0 aromatic rings. The molecule has 0 aromatic carbocycles. The van der Waals surface area contributed by atoms with Gasteiger partial charge in [0.1, 0.15) is 19.3 Å². The number of carbonyl (C=O) groups excluding carboxylic acids is 1. The SMILES string of the molecule is CC/C=C\C/C=C\C/C=C\C/C=C\C/C=C\C/C=C\C/C=C\CCCCCCOCC(COP(=O)(O)OCC[N+](C)(C)C)OC(=O)CCCCCCC/C=C\CCCCCCCCC. The summed E-state index contributed by atoms with van der Waals surface area (Å²) >= 11 is 0. The van der Waals surface area contributed by atoms with Gasteiger partial charge in [-0.25, -0.2) is 4.57 Å². The second-order valence-electron chi connectivity index (χ2n) is 17.8. The zero-order valence-electron chi connectivity index (χ0n) is 41.7. The molecule has 0 rings (SSSR count). The fourth-order valence-corrected chi connectivity index (χ4v) is 7.21. The van der Waals surface area contributed by atoms with Crippen LogP contribution in [0.1, 0.15) is 187 Å². The van der Waals surface area contributed by atoms with Gasteiger partial charge >= 0.3 is 13.8 Å². The van der Waals surface area contributed by atoms with E-state index >= 15 is 0 Å². The summed E-state index contributed by atoms with van der Waals surface area (Å²) in [6, 6.07) is 0. The molecule has 2 atom stereocenters. The van der Waals surface area contributed by atoms with Crippen LogP contribution in [0.5, 0.6) is 0 Å². The maximum absolute atomic E-state index is 12.7. The van der Waals surface area contributed by atoms with Gasteiger partial charge in [0.2, 0.25) is 0 Å². The standard InChI is InChI=1S/C55H96NO7P/c1-6-8-10-12-14-16-18-20-22-24-25-26-27-28-29-30-31-32-33-35-37-39-41-43-45-47-50-60-52-54(53-62-64(58,59)61-51-49-56(3,4)5)63-55(57)48-46-44-42-40-38-36-34-23-21-19-17-15-13-11-9-7-2/h8,10,14,16,20,22-23,25-26,28-29,31-32,34-35,37,54H,6-7,9,11-13,15,17-19,21,24,27,30,33,36,38-53H2,1-5H3/p+1/b10-8-,16-14-,22-20-,26-25-,29-28-,32-31-,34-23-,37-35-. The monoisotopic (exact) mass is 915 g/mol. The fraction of sp³-hybridized carbons (Fsp3) is 0.691. The van der Waals surface area contributed by atoms with E-state index in [1.54, 1.807) is 0 Å². The number of phosphoric ester groups is 1.